The Hall–Kier alpha value is -1.46. The second-order valence-electron chi connectivity index (χ2n) is 5.58. The molecule has 0 aliphatic heterocycles. The van der Waals surface area contributed by atoms with Gasteiger partial charge in [-0.05, 0) is 43.0 Å². The quantitative estimate of drug-likeness (QED) is 0.883. The van der Waals surface area contributed by atoms with E-state index in [1.165, 1.54) is 12.1 Å². The zero-order valence-electron chi connectivity index (χ0n) is 12.1. The van der Waals surface area contributed by atoms with Gasteiger partial charge in [0.2, 0.25) is 11.7 Å². The van der Waals surface area contributed by atoms with Gasteiger partial charge in [0.1, 0.15) is 5.82 Å². The monoisotopic (exact) mass is 311 g/mol. The van der Waals surface area contributed by atoms with Gasteiger partial charge in [-0.1, -0.05) is 30.6 Å². The van der Waals surface area contributed by atoms with Crippen LogP contribution in [0.3, 0.4) is 0 Å². The minimum atomic E-state index is -0.468. The maximum atomic E-state index is 13.1. The molecule has 0 bridgehead atoms. The first-order valence-corrected chi connectivity index (χ1v) is 7.35. The summed E-state index contributed by atoms with van der Waals surface area (Å²) in [5.41, 5.74) is 6.40. The number of nitrogens with zero attached hydrogens (tertiary/aromatic N) is 2. The highest BCUT2D eigenvalue weighted by molar-refractivity contribution is 6.31. The van der Waals surface area contributed by atoms with Gasteiger partial charge in [-0.3, -0.25) is 0 Å². The first kappa shape index (κ1) is 15.9. The Balaban J connectivity index is 2.11. The highest BCUT2D eigenvalue weighted by atomic mass is 35.5. The van der Waals surface area contributed by atoms with Crippen LogP contribution in [0.1, 0.15) is 26.2 Å². The fraction of sp³-hybridized carbons (Fsp3) is 0.467. The van der Waals surface area contributed by atoms with Gasteiger partial charge in [-0.2, -0.15) is 4.98 Å². The van der Waals surface area contributed by atoms with Gasteiger partial charge >= 0.3 is 0 Å². The van der Waals surface area contributed by atoms with E-state index >= 15 is 0 Å². The van der Waals surface area contributed by atoms with Gasteiger partial charge in [-0.15, -0.1) is 0 Å². The highest BCUT2D eigenvalue weighted by Crippen LogP contribution is 2.23. The molecule has 0 aliphatic carbocycles. The van der Waals surface area contributed by atoms with Gasteiger partial charge < -0.3 is 10.3 Å². The molecule has 21 heavy (non-hydrogen) atoms. The third-order valence-corrected chi connectivity index (χ3v) is 3.54. The Morgan fingerprint density at radius 3 is 2.76 bits per heavy atom. The molecule has 0 fully saturated rings. The molecule has 2 rings (SSSR count). The third-order valence-electron chi connectivity index (χ3n) is 3.25. The molecular formula is C15H19ClFN3O. The second-order valence-corrected chi connectivity index (χ2v) is 5.98. The number of rotatable bonds is 6. The average Bonchev–Trinajstić information content (AvgIpc) is 2.89. The van der Waals surface area contributed by atoms with Crippen molar-refractivity contribution in [3.05, 3.63) is 34.9 Å². The molecule has 2 aromatic rings. The van der Waals surface area contributed by atoms with Gasteiger partial charge in [0.15, 0.2) is 0 Å². The lowest BCUT2D eigenvalue weighted by atomic mass is 9.94. The maximum Gasteiger partial charge on any atom is 0.227 e. The second kappa shape index (κ2) is 7.00. The van der Waals surface area contributed by atoms with Crippen molar-refractivity contribution >= 4 is 11.6 Å². The highest BCUT2D eigenvalue weighted by Gasteiger charge is 2.16. The first-order chi connectivity index (χ1) is 9.99. The van der Waals surface area contributed by atoms with Crippen molar-refractivity contribution in [1.82, 2.24) is 10.1 Å². The summed E-state index contributed by atoms with van der Waals surface area (Å²) in [6.07, 6.45) is 1.66. The van der Waals surface area contributed by atoms with Crippen molar-refractivity contribution in [2.45, 2.75) is 26.7 Å². The Bertz CT molecular complexity index is 600. The fourth-order valence-corrected chi connectivity index (χ4v) is 2.45. The average molecular weight is 312 g/mol. The molecule has 4 nitrogen and oxygen atoms in total. The number of nitrogens with two attached hydrogens (primary N) is 1. The van der Waals surface area contributed by atoms with Crippen LogP contribution in [-0.2, 0) is 6.42 Å². The van der Waals surface area contributed by atoms with Crippen molar-refractivity contribution in [2.24, 2.45) is 17.6 Å². The topological polar surface area (TPSA) is 64.9 Å². The number of hydrogen-bond donors (Lipinski definition) is 1. The largest absolute Gasteiger partial charge is 0.339 e. The first-order valence-electron chi connectivity index (χ1n) is 6.97. The summed E-state index contributed by atoms with van der Waals surface area (Å²) >= 11 is 5.76. The van der Waals surface area contributed by atoms with E-state index in [0.717, 1.165) is 6.42 Å². The minimum absolute atomic E-state index is 0.0403. The molecule has 6 heteroatoms. The Morgan fingerprint density at radius 2 is 2.14 bits per heavy atom. The summed E-state index contributed by atoms with van der Waals surface area (Å²) < 4.78 is 18.4. The predicted octanol–water partition coefficient (Wildman–Crippen LogP) is 3.69. The van der Waals surface area contributed by atoms with Gasteiger partial charge in [0.05, 0.1) is 5.02 Å². The lowest BCUT2D eigenvalue weighted by molar-refractivity contribution is 0.332. The smallest absolute Gasteiger partial charge is 0.227 e. The zero-order chi connectivity index (χ0) is 15.4. The summed E-state index contributed by atoms with van der Waals surface area (Å²) in [6.45, 7) is 4.89. The lowest BCUT2D eigenvalue weighted by Gasteiger charge is -2.14. The number of benzene rings is 1. The van der Waals surface area contributed by atoms with Crippen molar-refractivity contribution in [3.8, 4) is 11.4 Å². The third kappa shape index (κ3) is 4.25. The van der Waals surface area contributed by atoms with E-state index in [9.17, 15) is 4.39 Å². The van der Waals surface area contributed by atoms with Crippen molar-refractivity contribution in [1.29, 1.82) is 0 Å². The van der Waals surface area contributed by atoms with Crippen molar-refractivity contribution in [3.63, 3.8) is 0 Å². The molecule has 0 saturated carbocycles. The number of halogens is 2. The van der Waals surface area contributed by atoms with Crippen LogP contribution in [0, 0.1) is 17.7 Å². The SMILES string of the molecule is CC(C)CC(CN)Cc1nc(-c2ccc(F)c(Cl)c2)no1. The summed E-state index contributed by atoms with van der Waals surface area (Å²) in [6, 6.07) is 4.35. The van der Waals surface area contributed by atoms with E-state index < -0.39 is 5.82 Å². The molecule has 1 aromatic heterocycles. The molecule has 114 valence electrons. The lowest BCUT2D eigenvalue weighted by Crippen LogP contribution is -2.19. The maximum absolute atomic E-state index is 13.1. The van der Waals surface area contributed by atoms with Crippen LogP contribution < -0.4 is 5.73 Å². The van der Waals surface area contributed by atoms with E-state index in [2.05, 4.69) is 24.0 Å². The molecule has 2 N–H and O–H groups in total. The molecule has 1 atom stereocenters. The molecule has 0 aliphatic rings. The summed E-state index contributed by atoms with van der Waals surface area (Å²) in [5, 5.41) is 3.96. The van der Waals surface area contributed by atoms with E-state index in [-0.39, 0.29) is 5.02 Å². The molecule has 1 heterocycles. The molecule has 0 radical (unpaired) electrons. The minimum Gasteiger partial charge on any atom is -0.339 e. The van der Waals surface area contributed by atoms with Gasteiger partial charge in [-0.25, -0.2) is 4.39 Å². The number of hydrogen-bond acceptors (Lipinski definition) is 4. The molecular weight excluding hydrogens is 293 g/mol. The van der Waals surface area contributed by atoms with Crippen LogP contribution in [0.5, 0.6) is 0 Å². The molecule has 0 amide bonds. The van der Waals surface area contributed by atoms with E-state index in [0.29, 0.717) is 42.1 Å². The zero-order valence-corrected chi connectivity index (χ0v) is 12.9. The molecule has 1 unspecified atom stereocenters. The van der Waals surface area contributed by atoms with Crippen LogP contribution >= 0.6 is 11.6 Å². The molecule has 1 aromatic carbocycles. The van der Waals surface area contributed by atoms with E-state index in [1.807, 2.05) is 0 Å². The van der Waals surface area contributed by atoms with Crippen LogP contribution in [0.2, 0.25) is 5.02 Å². The van der Waals surface area contributed by atoms with Crippen LogP contribution in [-0.4, -0.2) is 16.7 Å². The normalized spacial score (nSPS) is 12.9. The van der Waals surface area contributed by atoms with Crippen LogP contribution in [0.4, 0.5) is 4.39 Å². The van der Waals surface area contributed by atoms with Crippen molar-refractivity contribution < 1.29 is 8.91 Å². The van der Waals surface area contributed by atoms with Crippen LogP contribution in [0.25, 0.3) is 11.4 Å². The Labute approximate surface area is 128 Å². The number of aromatic nitrogens is 2. The van der Waals surface area contributed by atoms with Crippen molar-refractivity contribution in [2.75, 3.05) is 6.54 Å². The van der Waals surface area contributed by atoms with E-state index in [1.54, 1.807) is 6.07 Å². The molecule has 0 spiro atoms. The molecule has 0 saturated heterocycles. The fourth-order valence-electron chi connectivity index (χ4n) is 2.27. The van der Waals surface area contributed by atoms with Gasteiger partial charge in [0.25, 0.3) is 0 Å². The summed E-state index contributed by atoms with van der Waals surface area (Å²) in [4.78, 5) is 4.33. The predicted molar refractivity (Wildman–Crippen MR) is 80.4 cm³/mol. The van der Waals surface area contributed by atoms with Crippen LogP contribution in [0.15, 0.2) is 22.7 Å². The summed E-state index contributed by atoms with van der Waals surface area (Å²) in [7, 11) is 0. The Morgan fingerprint density at radius 1 is 1.38 bits per heavy atom. The summed E-state index contributed by atoms with van der Waals surface area (Å²) in [5.74, 6) is 1.37. The Kier molecular flexibility index (Phi) is 5.31. The van der Waals surface area contributed by atoms with Gasteiger partial charge in [0, 0.05) is 12.0 Å². The standard InChI is InChI=1S/C15H19ClFN3O/c1-9(2)5-10(8-18)6-14-19-15(20-21-14)11-3-4-13(17)12(16)7-11/h3-4,7,9-10H,5-6,8,18H2,1-2H3. The van der Waals surface area contributed by atoms with E-state index in [4.69, 9.17) is 21.9 Å².